The smallest absolute Gasteiger partial charge is 0.122 e. The molecule has 0 spiro atoms. The van der Waals surface area contributed by atoms with Crippen molar-refractivity contribution in [2.75, 3.05) is 0 Å². The van der Waals surface area contributed by atoms with Crippen LogP contribution in [0.4, 0.5) is 0 Å². The van der Waals surface area contributed by atoms with Crippen LogP contribution in [0.1, 0.15) is 11.3 Å². The van der Waals surface area contributed by atoms with Gasteiger partial charge in [-0.1, -0.05) is 50.0 Å². The Bertz CT molecular complexity index is 525. The first-order chi connectivity index (χ1) is 8.57. The minimum Gasteiger partial charge on any atom is -0.286 e. The van der Waals surface area contributed by atoms with Gasteiger partial charge in [0.1, 0.15) is 13.8 Å². The normalized spacial score (nSPS) is 12.2. The van der Waals surface area contributed by atoms with Gasteiger partial charge in [0, 0.05) is 0 Å². The van der Waals surface area contributed by atoms with Gasteiger partial charge in [-0.15, -0.1) is 0 Å². The van der Waals surface area contributed by atoms with Crippen molar-refractivity contribution in [1.82, 2.24) is 15.4 Å². The van der Waals surface area contributed by atoms with Crippen LogP contribution in [0.2, 0.25) is 19.6 Å². The molecule has 1 aromatic carbocycles. The van der Waals surface area contributed by atoms with Gasteiger partial charge in [-0.3, -0.25) is 4.99 Å². The van der Waals surface area contributed by atoms with Gasteiger partial charge < -0.3 is 0 Å². The molecule has 0 atom stereocenters. The lowest BCUT2D eigenvalue weighted by atomic mass is 10.2. The van der Waals surface area contributed by atoms with E-state index in [9.17, 15) is 0 Å². The Morgan fingerprint density at radius 3 is 2.56 bits per heavy atom. The quantitative estimate of drug-likeness (QED) is 0.673. The second-order valence-electron chi connectivity index (χ2n) is 5.26. The molecule has 2 rings (SSSR count). The Morgan fingerprint density at radius 1 is 1.17 bits per heavy atom. The summed E-state index contributed by atoms with van der Waals surface area (Å²) in [5, 5.41) is 12.2. The molecule has 1 N–H and O–H groups in total. The molecule has 18 heavy (non-hydrogen) atoms. The summed E-state index contributed by atoms with van der Waals surface area (Å²) in [6.07, 6.45) is 1.82. The van der Waals surface area contributed by atoms with E-state index < -0.39 is 8.07 Å². The number of aromatic nitrogens is 3. The highest BCUT2D eigenvalue weighted by Crippen LogP contribution is 2.02. The average molecular weight is 258 g/mol. The van der Waals surface area contributed by atoms with Crippen LogP contribution < -0.4 is 5.32 Å². The van der Waals surface area contributed by atoms with E-state index in [1.807, 2.05) is 24.4 Å². The fraction of sp³-hybridized carbons (Fsp3) is 0.308. The maximum absolute atomic E-state index is 4.43. The molecule has 0 fully saturated rings. The van der Waals surface area contributed by atoms with E-state index in [0.29, 0.717) is 6.54 Å². The van der Waals surface area contributed by atoms with Crippen molar-refractivity contribution in [3.63, 3.8) is 0 Å². The number of benzene rings is 1. The second-order valence-corrected chi connectivity index (χ2v) is 10.2. The van der Waals surface area contributed by atoms with E-state index >= 15 is 0 Å². The summed E-state index contributed by atoms with van der Waals surface area (Å²) in [7, 11) is -1.45. The number of aromatic amines is 1. The molecule has 0 bridgehead atoms. The monoisotopic (exact) mass is 258 g/mol. The van der Waals surface area contributed by atoms with Crippen molar-refractivity contribution in [2.45, 2.75) is 26.2 Å². The predicted octanol–water partition coefficient (Wildman–Crippen LogP) is 1.97. The second kappa shape index (κ2) is 5.26. The molecular formula is C13H18N4Si. The first-order valence-corrected chi connectivity index (χ1v) is 9.52. The lowest BCUT2D eigenvalue weighted by Crippen LogP contribution is -2.41. The number of hydrogen-bond acceptors (Lipinski definition) is 3. The van der Waals surface area contributed by atoms with Crippen LogP contribution in [-0.2, 0) is 6.54 Å². The van der Waals surface area contributed by atoms with Crippen LogP contribution in [0.3, 0.4) is 0 Å². The van der Waals surface area contributed by atoms with E-state index in [4.69, 9.17) is 0 Å². The minimum atomic E-state index is -1.45. The Balaban J connectivity index is 2.09. The van der Waals surface area contributed by atoms with Gasteiger partial charge in [0.05, 0.1) is 18.1 Å². The standard InChI is InChI=1S/C13H18N4Si/c1-18(2,3)13-12(15-17-16-13)10-14-9-11-7-5-4-6-8-11/h4-8,10H,9H2,1-3H3,(H,15,16,17). The van der Waals surface area contributed by atoms with E-state index in [1.54, 1.807) is 0 Å². The van der Waals surface area contributed by atoms with Crippen LogP contribution in [0, 0.1) is 0 Å². The number of aliphatic imine (C=N–C) groups is 1. The summed E-state index contributed by atoms with van der Waals surface area (Å²) in [5.74, 6) is 0. The van der Waals surface area contributed by atoms with Crippen molar-refractivity contribution in [1.29, 1.82) is 0 Å². The Labute approximate surface area is 108 Å². The topological polar surface area (TPSA) is 53.9 Å². The van der Waals surface area contributed by atoms with E-state index in [-0.39, 0.29) is 0 Å². The molecule has 0 aliphatic carbocycles. The lowest BCUT2D eigenvalue weighted by molar-refractivity contribution is 0.941. The third kappa shape index (κ3) is 3.13. The fourth-order valence-corrected chi connectivity index (χ4v) is 2.98. The van der Waals surface area contributed by atoms with Gasteiger partial charge in [-0.05, 0) is 5.56 Å². The molecule has 94 valence electrons. The first-order valence-electron chi connectivity index (χ1n) is 6.02. The van der Waals surface area contributed by atoms with Crippen molar-refractivity contribution in [2.24, 2.45) is 4.99 Å². The van der Waals surface area contributed by atoms with Gasteiger partial charge in [-0.25, -0.2) is 0 Å². The molecule has 5 heteroatoms. The van der Waals surface area contributed by atoms with Crippen molar-refractivity contribution in [3.8, 4) is 0 Å². The largest absolute Gasteiger partial charge is 0.286 e. The number of rotatable bonds is 4. The number of nitrogens with zero attached hydrogens (tertiary/aromatic N) is 3. The van der Waals surface area contributed by atoms with E-state index in [0.717, 1.165) is 11.0 Å². The van der Waals surface area contributed by atoms with E-state index in [1.165, 1.54) is 5.56 Å². The van der Waals surface area contributed by atoms with Crippen LogP contribution in [0.15, 0.2) is 35.3 Å². The summed E-state index contributed by atoms with van der Waals surface area (Å²) >= 11 is 0. The number of hydrogen-bond donors (Lipinski definition) is 1. The van der Waals surface area contributed by atoms with Gasteiger partial charge in [0.2, 0.25) is 0 Å². The van der Waals surface area contributed by atoms with Gasteiger partial charge in [0.25, 0.3) is 0 Å². The SMILES string of the molecule is C[Si](C)(C)c1n[nH]nc1C=NCc1ccccc1. The van der Waals surface area contributed by atoms with E-state index in [2.05, 4.69) is 52.2 Å². The molecule has 0 radical (unpaired) electrons. The van der Waals surface area contributed by atoms with Crippen LogP contribution in [0.25, 0.3) is 0 Å². The highest BCUT2D eigenvalue weighted by molar-refractivity contribution is 6.88. The molecule has 0 saturated carbocycles. The molecule has 0 unspecified atom stereocenters. The fourth-order valence-electron chi connectivity index (χ4n) is 1.70. The third-order valence-electron chi connectivity index (χ3n) is 2.62. The van der Waals surface area contributed by atoms with Gasteiger partial charge in [-0.2, -0.15) is 15.4 Å². The summed E-state index contributed by atoms with van der Waals surface area (Å²) in [5.41, 5.74) is 2.08. The third-order valence-corrected chi connectivity index (χ3v) is 4.40. The summed E-state index contributed by atoms with van der Waals surface area (Å²) in [6.45, 7) is 7.43. The Kier molecular flexibility index (Phi) is 3.71. The first kappa shape index (κ1) is 12.7. The maximum Gasteiger partial charge on any atom is 0.122 e. The van der Waals surface area contributed by atoms with Crippen molar-refractivity contribution < 1.29 is 0 Å². The predicted molar refractivity (Wildman–Crippen MR) is 77.1 cm³/mol. The molecule has 0 amide bonds. The lowest BCUT2D eigenvalue weighted by Gasteiger charge is -2.11. The van der Waals surface area contributed by atoms with Crippen LogP contribution >= 0.6 is 0 Å². The number of H-pyrrole nitrogens is 1. The molecular weight excluding hydrogens is 240 g/mol. The molecule has 1 aromatic heterocycles. The molecule has 4 nitrogen and oxygen atoms in total. The van der Waals surface area contributed by atoms with Crippen molar-refractivity contribution in [3.05, 3.63) is 41.6 Å². The molecule has 0 aliphatic rings. The minimum absolute atomic E-state index is 0.679. The highest BCUT2D eigenvalue weighted by atomic mass is 28.3. The summed E-state index contributed by atoms with van der Waals surface area (Å²) in [4.78, 5) is 4.43. The Morgan fingerprint density at radius 2 is 1.89 bits per heavy atom. The molecule has 1 heterocycles. The van der Waals surface area contributed by atoms with Gasteiger partial charge in [0.15, 0.2) is 0 Å². The van der Waals surface area contributed by atoms with Gasteiger partial charge >= 0.3 is 0 Å². The van der Waals surface area contributed by atoms with Crippen LogP contribution in [0.5, 0.6) is 0 Å². The zero-order valence-corrected chi connectivity index (χ0v) is 12.0. The highest BCUT2D eigenvalue weighted by Gasteiger charge is 2.23. The maximum atomic E-state index is 4.43. The molecule has 0 aliphatic heterocycles. The molecule has 0 saturated heterocycles. The van der Waals surface area contributed by atoms with Crippen molar-refractivity contribution >= 4 is 19.6 Å². The van der Waals surface area contributed by atoms with Crippen LogP contribution in [-0.4, -0.2) is 29.7 Å². The average Bonchev–Trinajstić information content (AvgIpc) is 2.78. The summed E-state index contributed by atoms with van der Waals surface area (Å²) < 4.78 is 0. The zero-order valence-electron chi connectivity index (χ0n) is 11.0. The molecule has 2 aromatic rings. The number of nitrogens with one attached hydrogen (secondary N) is 1. The summed E-state index contributed by atoms with van der Waals surface area (Å²) in [6, 6.07) is 10.2. The Hall–Kier alpha value is -1.75. The zero-order chi connectivity index (χ0) is 13.0.